The molecule has 0 aliphatic heterocycles. The van der Waals surface area contributed by atoms with Crippen LogP contribution < -0.4 is 49.5 Å². The Morgan fingerprint density at radius 1 is 0.729 bits per heavy atom. The molecule has 1 aromatic rings. The summed E-state index contributed by atoms with van der Waals surface area (Å²) in [6.07, 6.45) is -0.0408. The van der Waals surface area contributed by atoms with Gasteiger partial charge in [-0.05, 0) is 30.7 Å². The molecule has 0 radical (unpaired) electrons. The van der Waals surface area contributed by atoms with Gasteiger partial charge in [0.05, 0.1) is 6.61 Å². The van der Waals surface area contributed by atoms with Gasteiger partial charge in [-0.3, -0.25) is 38.6 Å². The Labute approximate surface area is 278 Å². The van der Waals surface area contributed by atoms with Crippen molar-refractivity contribution in [1.29, 1.82) is 0 Å². The zero-order chi connectivity index (χ0) is 36.4. The normalized spacial score (nSPS) is 13.9. The van der Waals surface area contributed by atoms with Crippen LogP contribution >= 0.6 is 0 Å². The van der Waals surface area contributed by atoms with Crippen LogP contribution in [0.5, 0.6) is 0 Å². The van der Waals surface area contributed by atoms with Gasteiger partial charge in [-0.15, -0.1) is 0 Å². The third-order valence-corrected chi connectivity index (χ3v) is 6.96. The van der Waals surface area contributed by atoms with Gasteiger partial charge in [0.2, 0.25) is 41.4 Å². The molecule has 18 nitrogen and oxygen atoms in total. The number of carbonyl (C=O) groups is 7. The van der Waals surface area contributed by atoms with Crippen LogP contribution in [0, 0.1) is 5.92 Å². The number of primary amides is 2. The van der Waals surface area contributed by atoms with Crippen LogP contribution in [0.15, 0.2) is 35.3 Å². The molecule has 266 valence electrons. The first-order valence-corrected chi connectivity index (χ1v) is 15.3. The molecule has 0 aromatic heterocycles. The number of aliphatic hydroxyl groups excluding tert-OH is 1. The van der Waals surface area contributed by atoms with Crippen molar-refractivity contribution in [2.45, 2.75) is 83.1 Å². The predicted octanol–water partition coefficient (Wildman–Crippen LogP) is -3.87. The number of hydrogen-bond acceptors (Lipinski definition) is 9. The highest BCUT2D eigenvalue weighted by molar-refractivity contribution is 5.96. The van der Waals surface area contributed by atoms with Crippen molar-refractivity contribution in [2.24, 2.45) is 33.8 Å². The van der Waals surface area contributed by atoms with Gasteiger partial charge >= 0.3 is 0 Å². The van der Waals surface area contributed by atoms with Crippen LogP contribution in [0.2, 0.25) is 0 Å². The SMILES string of the molecule is CC(=O)N[C@@H](Cc1ccccc1)C(=O)N[C@@H](CCCN=C(N)N)C(=O)N[C@@H](CO)C(=O)N[C@H](C(=O)N[C@@H](CCC(N)=O)C(N)=O)C(C)C. The summed E-state index contributed by atoms with van der Waals surface area (Å²) in [4.78, 5) is 91.6. The van der Waals surface area contributed by atoms with Crippen LogP contribution in [0.4, 0.5) is 0 Å². The van der Waals surface area contributed by atoms with E-state index in [-0.39, 0.29) is 44.6 Å². The summed E-state index contributed by atoms with van der Waals surface area (Å²) < 4.78 is 0. The fourth-order valence-corrected chi connectivity index (χ4v) is 4.44. The van der Waals surface area contributed by atoms with Gasteiger partial charge in [-0.25, -0.2) is 0 Å². The number of hydrogen-bond donors (Lipinski definition) is 10. The summed E-state index contributed by atoms with van der Waals surface area (Å²) in [6, 6.07) is 2.50. The third-order valence-electron chi connectivity index (χ3n) is 6.96. The fourth-order valence-electron chi connectivity index (χ4n) is 4.44. The lowest BCUT2D eigenvalue weighted by molar-refractivity contribution is -0.136. The first-order chi connectivity index (χ1) is 22.5. The molecule has 0 fully saturated rings. The number of nitrogens with one attached hydrogen (secondary N) is 5. The topological polar surface area (TPSA) is 316 Å². The number of carbonyl (C=O) groups excluding carboxylic acids is 7. The van der Waals surface area contributed by atoms with E-state index >= 15 is 0 Å². The van der Waals surface area contributed by atoms with E-state index in [4.69, 9.17) is 22.9 Å². The molecule has 7 amide bonds. The van der Waals surface area contributed by atoms with Gasteiger partial charge in [0.1, 0.15) is 30.2 Å². The van der Waals surface area contributed by atoms with Crippen LogP contribution in [0.1, 0.15) is 52.0 Å². The molecule has 14 N–H and O–H groups in total. The Morgan fingerprint density at radius 3 is 1.81 bits per heavy atom. The monoisotopic (exact) mass is 676 g/mol. The molecule has 0 saturated carbocycles. The molecule has 0 aliphatic rings. The first kappa shape index (κ1) is 40.8. The molecule has 0 unspecified atom stereocenters. The molecule has 1 rings (SSSR count). The lowest BCUT2D eigenvalue weighted by Gasteiger charge is -2.27. The second-order valence-corrected chi connectivity index (χ2v) is 11.4. The number of guanidine groups is 1. The van der Waals surface area contributed by atoms with Crippen molar-refractivity contribution in [3.63, 3.8) is 0 Å². The highest BCUT2D eigenvalue weighted by Crippen LogP contribution is 2.08. The quantitative estimate of drug-likeness (QED) is 0.0343. The largest absolute Gasteiger partial charge is 0.394 e. The molecular weight excluding hydrogens is 628 g/mol. The molecule has 0 spiro atoms. The summed E-state index contributed by atoms with van der Waals surface area (Å²) in [5, 5.41) is 22.4. The van der Waals surface area contributed by atoms with E-state index in [9.17, 15) is 38.7 Å². The lowest BCUT2D eigenvalue weighted by Crippen LogP contribution is -2.60. The van der Waals surface area contributed by atoms with E-state index in [0.717, 1.165) is 5.56 Å². The molecular formula is C30H48N10O8. The number of rotatable bonds is 21. The van der Waals surface area contributed by atoms with E-state index in [0.29, 0.717) is 0 Å². The fraction of sp³-hybridized carbons (Fsp3) is 0.533. The Kier molecular flexibility index (Phi) is 17.6. The highest BCUT2D eigenvalue weighted by atomic mass is 16.3. The second-order valence-electron chi connectivity index (χ2n) is 11.4. The van der Waals surface area contributed by atoms with Crippen LogP contribution in [0.25, 0.3) is 0 Å². The maximum atomic E-state index is 13.4. The molecule has 0 heterocycles. The summed E-state index contributed by atoms with van der Waals surface area (Å²) >= 11 is 0. The Bertz CT molecular complexity index is 1300. The molecule has 0 saturated heterocycles. The maximum Gasteiger partial charge on any atom is 0.245 e. The average Bonchev–Trinajstić information content (AvgIpc) is 3.00. The van der Waals surface area contributed by atoms with Gasteiger partial charge in [-0.1, -0.05) is 44.2 Å². The van der Waals surface area contributed by atoms with Gasteiger partial charge in [-0.2, -0.15) is 0 Å². The molecule has 18 heteroatoms. The van der Waals surface area contributed by atoms with E-state index in [2.05, 4.69) is 31.6 Å². The maximum absolute atomic E-state index is 13.4. The highest BCUT2D eigenvalue weighted by Gasteiger charge is 2.33. The number of nitrogens with two attached hydrogens (primary N) is 4. The number of benzene rings is 1. The number of aliphatic hydroxyl groups is 1. The van der Waals surface area contributed by atoms with Gasteiger partial charge in [0.15, 0.2) is 5.96 Å². The minimum absolute atomic E-state index is 0.00306. The van der Waals surface area contributed by atoms with Gasteiger partial charge < -0.3 is 54.6 Å². The van der Waals surface area contributed by atoms with Crippen LogP contribution in [-0.4, -0.2) is 95.8 Å². The average molecular weight is 677 g/mol. The smallest absolute Gasteiger partial charge is 0.245 e. The molecule has 48 heavy (non-hydrogen) atoms. The molecule has 5 atom stereocenters. The lowest BCUT2D eigenvalue weighted by atomic mass is 10.0. The van der Waals surface area contributed by atoms with Crippen molar-refractivity contribution in [3.8, 4) is 0 Å². The van der Waals surface area contributed by atoms with Crippen molar-refractivity contribution in [1.82, 2.24) is 26.6 Å². The van der Waals surface area contributed by atoms with Crippen LogP contribution in [0.3, 0.4) is 0 Å². The molecule has 0 aliphatic carbocycles. The number of aliphatic imine (C=N–C) groups is 1. The van der Waals surface area contributed by atoms with E-state index < -0.39 is 84.1 Å². The Hall–Kier alpha value is -5.26. The van der Waals surface area contributed by atoms with E-state index in [1.807, 2.05) is 0 Å². The van der Waals surface area contributed by atoms with Gasteiger partial charge in [0, 0.05) is 26.3 Å². The van der Waals surface area contributed by atoms with Crippen molar-refractivity contribution in [2.75, 3.05) is 13.2 Å². The van der Waals surface area contributed by atoms with Crippen LogP contribution in [-0.2, 0) is 40.0 Å². The van der Waals surface area contributed by atoms with Gasteiger partial charge in [0.25, 0.3) is 0 Å². The second kappa shape index (κ2) is 20.8. The third kappa shape index (κ3) is 15.4. The predicted molar refractivity (Wildman–Crippen MR) is 175 cm³/mol. The zero-order valence-corrected chi connectivity index (χ0v) is 27.4. The summed E-state index contributed by atoms with van der Waals surface area (Å²) in [5.41, 5.74) is 21.9. The van der Waals surface area contributed by atoms with Crippen molar-refractivity contribution >= 4 is 47.3 Å². The zero-order valence-electron chi connectivity index (χ0n) is 27.4. The number of nitrogens with zero attached hydrogens (tertiary/aromatic N) is 1. The van der Waals surface area contributed by atoms with E-state index in [1.54, 1.807) is 44.2 Å². The minimum atomic E-state index is -1.57. The Balaban J connectivity index is 3.13. The summed E-state index contributed by atoms with van der Waals surface area (Å²) in [5.74, 6) is -6.10. The molecule has 0 bridgehead atoms. The minimum Gasteiger partial charge on any atom is -0.394 e. The standard InChI is InChI=1S/C30H48N10O8/c1-16(2)24(29(48)37-19(25(32)44)11-12-23(31)43)40-28(47)22(15-41)39-26(45)20(10-7-13-35-30(33)34)38-27(46)21(36-17(3)42)14-18-8-5-4-6-9-18/h4-6,8-9,16,19-22,24,41H,7,10-15H2,1-3H3,(H2,31,43)(H2,32,44)(H,36,42)(H,37,48)(H,38,46)(H,39,45)(H,40,47)(H4,33,34,35)/t19-,20-,21-,22-,24-/m0/s1. The Morgan fingerprint density at radius 2 is 1.29 bits per heavy atom. The van der Waals surface area contributed by atoms with Crippen molar-refractivity contribution in [3.05, 3.63) is 35.9 Å². The molecule has 1 aromatic carbocycles. The summed E-state index contributed by atoms with van der Waals surface area (Å²) in [7, 11) is 0. The van der Waals surface area contributed by atoms with Crippen molar-refractivity contribution < 1.29 is 38.7 Å². The first-order valence-electron chi connectivity index (χ1n) is 15.3. The van der Waals surface area contributed by atoms with E-state index in [1.165, 1.54) is 6.92 Å². The summed E-state index contributed by atoms with van der Waals surface area (Å²) in [6.45, 7) is 3.67. The number of amides is 7.